The highest BCUT2D eigenvalue weighted by Crippen LogP contribution is 2.35. The second-order valence-corrected chi connectivity index (χ2v) is 10.2. The van der Waals surface area contributed by atoms with Gasteiger partial charge >= 0.3 is 5.97 Å². The molecule has 1 aliphatic rings. The van der Waals surface area contributed by atoms with Crippen LogP contribution in [0.1, 0.15) is 13.8 Å². The Morgan fingerprint density at radius 1 is 1.17 bits per heavy atom. The van der Waals surface area contributed by atoms with Crippen molar-refractivity contribution in [1.82, 2.24) is 0 Å². The fourth-order valence-corrected chi connectivity index (χ4v) is 5.13. The maximum Gasteiger partial charge on any atom is 0.319 e. The standard InChI is InChI=1S/C21H20ClNO4S2/c1-21(2,19(25)26)29-20-23-17(12-28-20)18(24)11-27-16-9-5-14(6-10-16)13-3-7-15(22)8-4-13/h3-10,17H,11-12H2,1-2H3,(H,25,26). The van der Waals surface area contributed by atoms with Crippen LogP contribution in [0.4, 0.5) is 0 Å². The van der Waals surface area contributed by atoms with Gasteiger partial charge in [-0.3, -0.25) is 14.6 Å². The third kappa shape index (κ3) is 5.78. The Kier molecular flexibility index (Phi) is 6.93. The van der Waals surface area contributed by atoms with Crippen LogP contribution in [0.5, 0.6) is 5.75 Å². The molecule has 0 aliphatic carbocycles. The Morgan fingerprint density at radius 2 is 1.76 bits per heavy atom. The summed E-state index contributed by atoms with van der Waals surface area (Å²) in [6.07, 6.45) is 0. The largest absolute Gasteiger partial charge is 0.486 e. The Hall–Kier alpha value is -1.96. The number of aliphatic carboxylic acids is 1. The monoisotopic (exact) mass is 449 g/mol. The van der Waals surface area contributed by atoms with E-state index in [2.05, 4.69) is 4.99 Å². The van der Waals surface area contributed by atoms with Crippen molar-refractivity contribution in [3.63, 3.8) is 0 Å². The minimum Gasteiger partial charge on any atom is -0.486 e. The van der Waals surface area contributed by atoms with E-state index in [4.69, 9.17) is 16.3 Å². The van der Waals surface area contributed by atoms with E-state index < -0.39 is 16.8 Å². The number of benzene rings is 2. The number of ketones is 1. The zero-order valence-electron chi connectivity index (χ0n) is 15.9. The molecule has 0 saturated carbocycles. The molecule has 0 amide bonds. The fraction of sp³-hybridized carbons (Fsp3) is 0.286. The van der Waals surface area contributed by atoms with E-state index in [1.165, 1.54) is 23.5 Å². The van der Waals surface area contributed by atoms with E-state index in [0.717, 1.165) is 11.1 Å². The zero-order chi connectivity index (χ0) is 21.0. The molecule has 3 rings (SSSR count). The lowest BCUT2D eigenvalue weighted by Gasteiger charge is -2.17. The number of carboxylic acid groups (broad SMARTS) is 1. The second-order valence-electron chi connectivity index (χ2n) is 6.93. The van der Waals surface area contributed by atoms with Crippen LogP contribution in [0.25, 0.3) is 11.1 Å². The summed E-state index contributed by atoms with van der Waals surface area (Å²) in [5, 5.41) is 9.90. The minimum absolute atomic E-state index is 0.0741. The summed E-state index contributed by atoms with van der Waals surface area (Å²) in [4.78, 5) is 28.0. The summed E-state index contributed by atoms with van der Waals surface area (Å²) >= 11 is 8.49. The number of halogens is 1. The van der Waals surface area contributed by atoms with Gasteiger partial charge in [0.25, 0.3) is 0 Å². The van der Waals surface area contributed by atoms with Crippen molar-refractivity contribution >= 4 is 51.3 Å². The van der Waals surface area contributed by atoms with Gasteiger partial charge < -0.3 is 9.84 Å². The van der Waals surface area contributed by atoms with Crippen LogP contribution in [0, 0.1) is 0 Å². The number of carbonyl (C=O) groups is 2. The highest BCUT2D eigenvalue weighted by molar-refractivity contribution is 8.39. The van der Waals surface area contributed by atoms with Gasteiger partial charge in [0.1, 0.15) is 27.5 Å². The summed E-state index contributed by atoms with van der Waals surface area (Å²) in [5.74, 6) is 0.0803. The van der Waals surface area contributed by atoms with Crippen molar-refractivity contribution < 1.29 is 19.4 Å². The molecule has 0 bridgehead atoms. The molecule has 5 nitrogen and oxygen atoms in total. The van der Waals surface area contributed by atoms with Crippen molar-refractivity contribution in [3.05, 3.63) is 53.6 Å². The van der Waals surface area contributed by atoms with E-state index in [1.807, 2.05) is 48.5 Å². The summed E-state index contributed by atoms with van der Waals surface area (Å²) in [7, 11) is 0. The number of nitrogens with zero attached hydrogens (tertiary/aromatic N) is 1. The highest BCUT2D eigenvalue weighted by Gasteiger charge is 2.34. The number of hydrogen-bond donors (Lipinski definition) is 1. The Bertz CT molecular complexity index is 927. The number of hydrogen-bond acceptors (Lipinski definition) is 6. The Morgan fingerprint density at radius 3 is 2.34 bits per heavy atom. The van der Waals surface area contributed by atoms with Crippen molar-refractivity contribution in [1.29, 1.82) is 0 Å². The number of Topliss-reactive ketones (excluding diaryl/α,β-unsaturated/α-hetero) is 1. The number of ether oxygens (including phenoxy) is 1. The zero-order valence-corrected chi connectivity index (χ0v) is 18.3. The summed E-state index contributed by atoms with van der Waals surface area (Å²) in [6.45, 7) is 3.17. The molecule has 2 aromatic carbocycles. The molecule has 1 heterocycles. The third-order valence-electron chi connectivity index (χ3n) is 4.27. The molecule has 8 heteroatoms. The average molecular weight is 450 g/mol. The molecule has 1 N–H and O–H groups in total. The van der Waals surface area contributed by atoms with Gasteiger partial charge in [-0.25, -0.2) is 0 Å². The molecule has 0 fully saturated rings. The fourth-order valence-electron chi connectivity index (χ4n) is 2.47. The summed E-state index contributed by atoms with van der Waals surface area (Å²) in [6, 6.07) is 14.6. The quantitative estimate of drug-likeness (QED) is 0.639. The molecule has 152 valence electrons. The van der Waals surface area contributed by atoms with Crippen LogP contribution in [-0.4, -0.2) is 44.4 Å². The summed E-state index contributed by atoms with van der Waals surface area (Å²) < 4.78 is 5.26. The van der Waals surface area contributed by atoms with E-state index in [1.54, 1.807) is 13.8 Å². The molecule has 0 aromatic heterocycles. The predicted octanol–water partition coefficient (Wildman–Crippen LogP) is 5.02. The number of thioether (sulfide) groups is 2. The van der Waals surface area contributed by atoms with E-state index in [-0.39, 0.29) is 12.4 Å². The van der Waals surface area contributed by atoms with Gasteiger partial charge in [0.15, 0.2) is 5.78 Å². The first kappa shape index (κ1) is 21.7. The number of rotatable bonds is 7. The van der Waals surface area contributed by atoms with Crippen LogP contribution in [0.3, 0.4) is 0 Å². The van der Waals surface area contributed by atoms with Crippen molar-refractivity contribution in [2.24, 2.45) is 4.99 Å². The number of carboxylic acids is 1. The highest BCUT2D eigenvalue weighted by atomic mass is 35.5. The SMILES string of the molecule is CC(C)(SC1=NC(C(=O)COc2ccc(-c3ccc(Cl)cc3)cc2)CS1)C(=O)O. The van der Waals surface area contributed by atoms with Gasteiger partial charge in [-0.15, -0.1) is 0 Å². The van der Waals surface area contributed by atoms with Gasteiger partial charge in [0, 0.05) is 10.8 Å². The molecule has 1 aliphatic heterocycles. The maximum absolute atomic E-state index is 12.4. The lowest BCUT2D eigenvalue weighted by molar-refractivity contribution is -0.138. The maximum atomic E-state index is 12.4. The third-order valence-corrected chi connectivity index (χ3v) is 6.92. The lowest BCUT2D eigenvalue weighted by Crippen LogP contribution is -2.28. The average Bonchev–Trinajstić information content (AvgIpc) is 3.15. The second kappa shape index (κ2) is 9.24. The van der Waals surface area contributed by atoms with Gasteiger partial charge in [-0.05, 0) is 49.2 Å². The van der Waals surface area contributed by atoms with Crippen molar-refractivity contribution in [2.75, 3.05) is 12.4 Å². The van der Waals surface area contributed by atoms with Gasteiger partial charge in [0.05, 0.1) is 0 Å². The Balaban J connectivity index is 1.54. The van der Waals surface area contributed by atoms with Crippen LogP contribution in [-0.2, 0) is 9.59 Å². The van der Waals surface area contributed by atoms with Gasteiger partial charge in [0.2, 0.25) is 0 Å². The van der Waals surface area contributed by atoms with E-state index in [9.17, 15) is 14.7 Å². The molecular weight excluding hydrogens is 430 g/mol. The van der Waals surface area contributed by atoms with Crippen LogP contribution >= 0.6 is 35.1 Å². The molecule has 1 unspecified atom stereocenters. The first-order valence-corrected chi connectivity index (χ1v) is 11.1. The van der Waals surface area contributed by atoms with Crippen molar-refractivity contribution in [2.45, 2.75) is 24.6 Å². The smallest absolute Gasteiger partial charge is 0.319 e. The van der Waals surface area contributed by atoms with Crippen LogP contribution in [0.2, 0.25) is 5.02 Å². The molecular formula is C21H20ClNO4S2. The minimum atomic E-state index is -0.980. The number of aliphatic imine (C=N–C) groups is 1. The normalized spacial score (nSPS) is 16.4. The van der Waals surface area contributed by atoms with Gasteiger partial charge in [-0.1, -0.05) is 59.4 Å². The predicted molar refractivity (Wildman–Crippen MR) is 120 cm³/mol. The molecule has 0 spiro atoms. The Labute approximate surface area is 182 Å². The first-order chi connectivity index (χ1) is 13.7. The molecule has 2 aromatic rings. The first-order valence-electron chi connectivity index (χ1n) is 8.89. The summed E-state index contributed by atoms with van der Waals surface area (Å²) in [5.41, 5.74) is 2.07. The van der Waals surface area contributed by atoms with Crippen LogP contribution in [0.15, 0.2) is 53.5 Å². The van der Waals surface area contributed by atoms with Crippen LogP contribution < -0.4 is 4.74 Å². The van der Waals surface area contributed by atoms with E-state index in [0.29, 0.717) is 20.9 Å². The van der Waals surface area contributed by atoms with Gasteiger partial charge in [-0.2, -0.15) is 0 Å². The lowest BCUT2D eigenvalue weighted by atomic mass is 10.1. The van der Waals surface area contributed by atoms with Crippen molar-refractivity contribution in [3.8, 4) is 16.9 Å². The van der Waals surface area contributed by atoms with E-state index >= 15 is 0 Å². The number of carbonyl (C=O) groups excluding carboxylic acids is 1. The molecule has 1 atom stereocenters. The molecule has 29 heavy (non-hydrogen) atoms. The molecule has 0 radical (unpaired) electrons. The topological polar surface area (TPSA) is 76.0 Å². The molecule has 0 saturated heterocycles.